The lowest BCUT2D eigenvalue weighted by Gasteiger charge is -2.32. The summed E-state index contributed by atoms with van der Waals surface area (Å²) in [5.74, 6) is 0.233. The molecule has 0 unspecified atom stereocenters. The summed E-state index contributed by atoms with van der Waals surface area (Å²) in [6, 6.07) is 0.633. The van der Waals surface area contributed by atoms with E-state index >= 15 is 0 Å². The fraction of sp³-hybridized carbons (Fsp3) is 0.929. The van der Waals surface area contributed by atoms with Crippen LogP contribution in [0, 0.1) is 5.92 Å². The van der Waals surface area contributed by atoms with E-state index in [2.05, 4.69) is 22.5 Å². The molecule has 1 aliphatic rings. The summed E-state index contributed by atoms with van der Waals surface area (Å²) in [5, 5.41) is 6.48. The topological polar surface area (TPSA) is 44.4 Å². The van der Waals surface area contributed by atoms with Gasteiger partial charge in [0.05, 0.1) is 0 Å². The standard InChI is InChI=1S/C14H29N3O/c1-4-9-17-10-5-13(6-11-17)15-7-8-16-14(18)12(2)3/h12-13,15H,4-11H2,1-3H3,(H,16,18). The van der Waals surface area contributed by atoms with Gasteiger partial charge in [-0.25, -0.2) is 0 Å². The molecule has 18 heavy (non-hydrogen) atoms. The third-order valence-corrected chi connectivity index (χ3v) is 3.51. The van der Waals surface area contributed by atoms with E-state index in [4.69, 9.17) is 0 Å². The van der Waals surface area contributed by atoms with Crippen molar-refractivity contribution >= 4 is 5.91 Å². The number of hydrogen-bond donors (Lipinski definition) is 2. The first-order valence-corrected chi connectivity index (χ1v) is 7.37. The highest BCUT2D eigenvalue weighted by Gasteiger charge is 2.17. The van der Waals surface area contributed by atoms with E-state index in [1.165, 1.54) is 38.9 Å². The average molecular weight is 255 g/mol. The van der Waals surface area contributed by atoms with E-state index in [9.17, 15) is 4.79 Å². The molecule has 0 atom stereocenters. The fourth-order valence-corrected chi connectivity index (χ4v) is 2.34. The minimum atomic E-state index is 0.0854. The number of carbonyl (C=O) groups is 1. The van der Waals surface area contributed by atoms with Gasteiger partial charge >= 0.3 is 0 Å². The number of rotatable bonds is 7. The number of hydrogen-bond acceptors (Lipinski definition) is 3. The highest BCUT2D eigenvalue weighted by molar-refractivity contribution is 5.77. The molecule has 0 spiro atoms. The van der Waals surface area contributed by atoms with Crippen molar-refractivity contribution < 1.29 is 4.79 Å². The molecule has 2 N–H and O–H groups in total. The van der Waals surface area contributed by atoms with Crippen molar-refractivity contribution in [2.45, 2.75) is 46.1 Å². The Balaban J connectivity index is 2.02. The second-order valence-corrected chi connectivity index (χ2v) is 5.52. The summed E-state index contributed by atoms with van der Waals surface area (Å²) in [7, 11) is 0. The summed E-state index contributed by atoms with van der Waals surface area (Å²) < 4.78 is 0. The first-order valence-electron chi connectivity index (χ1n) is 7.37. The molecule has 4 heteroatoms. The SMILES string of the molecule is CCCN1CCC(NCCNC(=O)C(C)C)CC1. The van der Waals surface area contributed by atoms with E-state index in [1.54, 1.807) is 0 Å². The van der Waals surface area contributed by atoms with Gasteiger partial charge in [0.2, 0.25) is 5.91 Å². The van der Waals surface area contributed by atoms with Crippen molar-refractivity contribution in [2.24, 2.45) is 5.92 Å². The number of amides is 1. The van der Waals surface area contributed by atoms with Gasteiger partial charge in [-0.1, -0.05) is 20.8 Å². The zero-order valence-electron chi connectivity index (χ0n) is 12.2. The van der Waals surface area contributed by atoms with E-state index in [-0.39, 0.29) is 11.8 Å². The predicted octanol–water partition coefficient (Wildman–Crippen LogP) is 1.22. The lowest BCUT2D eigenvalue weighted by molar-refractivity contribution is -0.123. The van der Waals surface area contributed by atoms with E-state index < -0.39 is 0 Å². The lowest BCUT2D eigenvalue weighted by Crippen LogP contribution is -2.45. The van der Waals surface area contributed by atoms with Crippen molar-refractivity contribution in [3.63, 3.8) is 0 Å². The van der Waals surface area contributed by atoms with Crippen molar-refractivity contribution in [3.05, 3.63) is 0 Å². The van der Waals surface area contributed by atoms with Crippen LogP contribution in [-0.4, -0.2) is 49.6 Å². The molecule has 1 saturated heterocycles. The molecule has 0 aromatic carbocycles. The van der Waals surface area contributed by atoms with Gasteiger partial charge in [-0.15, -0.1) is 0 Å². The van der Waals surface area contributed by atoms with Gasteiger partial charge < -0.3 is 15.5 Å². The van der Waals surface area contributed by atoms with Gasteiger partial charge in [0.1, 0.15) is 0 Å². The van der Waals surface area contributed by atoms with Crippen LogP contribution in [0.3, 0.4) is 0 Å². The highest BCUT2D eigenvalue weighted by atomic mass is 16.1. The lowest BCUT2D eigenvalue weighted by atomic mass is 10.0. The van der Waals surface area contributed by atoms with E-state index in [0.29, 0.717) is 6.04 Å². The number of likely N-dealkylation sites (tertiary alicyclic amines) is 1. The third kappa shape index (κ3) is 5.83. The molecule has 0 bridgehead atoms. The molecular weight excluding hydrogens is 226 g/mol. The average Bonchev–Trinajstić information content (AvgIpc) is 2.36. The maximum absolute atomic E-state index is 11.4. The van der Waals surface area contributed by atoms with Gasteiger partial charge in [0.25, 0.3) is 0 Å². The van der Waals surface area contributed by atoms with Crippen molar-refractivity contribution in [1.82, 2.24) is 15.5 Å². The molecule has 4 nitrogen and oxygen atoms in total. The molecule has 1 fully saturated rings. The first kappa shape index (κ1) is 15.4. The molecule has 0 aliphatic carbocycles. The second-order valence-electron chi connectivity index (χ2n) is 5.52. The number of piperidine rings is 1. The second kappa shape index (κ2) is 8.48. The quantitative estimate of drug-likeness (QED) is 0.672. The molecule has 1 aliphatic heterocycles. The van der Waals surface area contributed by atoms with E-state index in [1.807, 2.05) is 13.8 Å². The molecule has 1 rings (SSSR count). The first-order chi connectivity index (χ1) is 8.63. The Morgan fingerprint density at radius 2 is 1.94 bits per heavy atom. The van der Waals surface area contributed by atoms with Gasteiger partial charge in [-0.2, -0.15) is 0 Å². The Bertz CT molecular complexity index is 235. The minimum absolute atomic E-state index is 0.0854. The van der Waals surface area contributed by atoms with E-state index in [0.717, 1.165) is 13.1 Å². The van der Waals surface area contributed by atoms with Crippen molar-refractivity contribution in [3.8, 4) is 0 Å². The summed E-state index contributed by atoms with van der Waals surface area (Å²) in [6.07, 6.45) is 3.72. The largest absolute Gasteiger partial charge is 0.355 e. The Morgan fingerprint density at radius 1 is 1.28 bits per heavy atom. The normalized spacial score (nSPS) is 18.2. The zero-order chi connectivity index (χ0) is 13.4. The molecule has 1 heterocycles. The monoisotopic (exact) mass is 255 g/mol. The molecule has 106 valence electrons. The Morgan fingerprint density at radius 3 is 2.50 bits per heavy atom. The summed E-state index contributed by atoms with van der Waals surface area (Å²) in [4.78, 5) is 13.9. The van der Waals surface area contributed by atoms with Gasteiger partial charge in [-0.05, 0) is 38.9 Å². The zero-order valence-corrected chi connectivity index (χ0v) is 12.2. The third-order valence-electron chi connectivity index (χ3n) is 3.51. The van der Waals surface area contributed by atoms with Crippen LogP contribution < -0.4 is 10.6 Å². The van der Waals surface area contributed by atoms with Crippen molar-refractivity contribution in [1.29, 1.82) is 0 Å². The molecule has 0 radical (unpaired) electrons. The fourth-order valence-electron chi connectivity index (χ4n) is 2.34. The van der Waals surface area contributed by atoms with Crippen LogP contribution in [-0.2, 0) is 4.79 Å². The van der Waals surface area contributed by atoms with Crippen LogP contribution >= 0.6 is 0 Å². The molecule has 0 aromatic heterocycles. The van der Waals surface area contributed by atoms with Crippen LogP contribution in [0.4, 0.5) is 0 Å². The van der Waals surface area contributed by atoms with Crippen LogP contribution in [0.15, 0.2) is 0 Å². The summed E-state index contributed by atoms with van der Waals surface area (Å²) in [5.41, 5.74) is 0. The predicted molar refractivity (Wildman–Crippen MR) is 75.6 cm³/mol. The maximum Gasteiger partial charge on any atom is 0.222 e. The highest BCUT2D eigenvalue weighted by Crippen LogP contribution is 2.09. The van der Waals surface area contributed by atoms with Crippen LogP contribution in [0.25, 0.3) is 0 Å². The molecule has 0 aromatic rings. The Kier molecular flexibility index (Phi) is 7.28. The van der Waals surface area contributed by atoms with Crippen LogP contribution in [0.2, 0.25) is 0 Å². The van der Waals surface area contributed by atoms with Gasteiger partial charge in [0.15, 0.2) is 0 Å². The molecular formula is C14H29N3O. The van der Waals surface area contributed by atoms with Crippen LogP contribution in [0.1, 0.15) is 40.0 Å². The van der Waals surface area contributed by atoms with Crippen molar-refractivity contribution in [2.75, 3.05) is 32.7 Å². The van der Waals surface area contributed by atoms with Gasteiger partial charge in [-0.3, -0.25) is 4.79 Å². The molecule has 0 saturated carbocycles. The summed E-state index contributed by atoms with van der Waals surface area (Å²) >= 11 is 0. The number of nitrogens with one attached hydrogen (secondary N) is 2. The Hall–Kier alpha value is -0.610. The Labute approximate surface area is 111 Å². The van der Waals surface area contributed by atoms with Crippen LogP contribution in [0.5, 0.6) is 0 Å². The van der Waals surface area contributed by atoms with Gasteiger partial charge in [0, 0.05) is 25.0 Å². The smallest absolute Gasteiger partial charge is 0.222 e. The minimum Gasteiger partial charge on any atom is -0.355 e. The summed E-state index contributed by atoms with van der Waals surface area (Å²) in [6.45, 7) is 11.4. The number of nitrogens with zero attached hydrogens (tertiary/aromatic N) is 1. The number of carbonyl (C=O) groups excluding carboxylic acids is 1. The molecule has 1 amide bonds. The maximum atomic E-state index is 11.4.